The lowest BCUT2D eigenvalue weighted by molar-refractivity contribution is -0.146. The van der Waals surface area contributed by atoms with Gasteiger partial charge in [0.25, 0.3) is 0 Å². The molecule has 17 heavy (non-hydrogen) atoms. The molecule has 1 aromatic carbocycles. The molecule has 3 heteroatoms. The van der Waals surface area contributed by atoms with Gasteiger partial charge in [-0.1, -0.05) is 19.1 Å². The number of hydrogen-bond acceptors (Lipinski definition) is 2. The normalized spacial score (nSPS) is 14.4. The van der Waals surface area contributed by atoms with Crippen molar-refractivity contribution in [3.63, 3.8) is 0 Å². The Kier molecular flexibility index (Phi) is 4.29. The number of aliphatic hydroxyl groups is 1. The Bertz CT molecular complexity index is 424. The van der Waals surface area contributed by atoms with Crippen LogP contribution < -0.4 is 0 Å². The van der Waals surface area contributed by atoms with Crippen LogP contribution in [-0.4, -0.2) is 16.2 Å². The quantitative estimate of drug-likeness (QED) is 0.845. The summed E-state index contributed by atoms with van der Waals surface area (Å²) >= 11 is 0. The number of carbonyl (C=O) groups is 1. The molecule has 0 aliphatic carbocycles. The summed E-state index contributed by atoms with van der Waals surface area (Å²) in [6.45, 7) is 7.65. The molecule has 0 saturated heterocycles. The van der Waals surface area contributed by atoms with E-state index in [4.69, 9.17) is 5.11 Å². The van der Waals surface area contributed by atoms with Crippen molar-refractivity contribution in [1.29, 1.82) is 0 Å². The molecule has 1 aromatic rings. The first kappa shape index (κ1) is 13.7. The van der Waals surface area contributed by atoms with Crippen LogP contribution in [0.5, 0.6) is 0 Å². The molecule has 0 heterocycles. The first-order valence-electron chi connectivity index (χ1n) is 5.87. The van der Waals surface area contributed by atoms with Gasteiger partial charge in [0.1, 0.15) is 0 Å². The average Bonchev–Trinajstić information content (AvgIpc) is 2.23. The summed E-state index contributed by atoms with van der Waals surface area (Å²) in [6, 6.07) is 3.88. The second-order valence-corrected chi connectivity index (χ2v) is 4.59. The first-order valence-corrected chi connectivity index (χ1v) is 5.87. The molecular formula is C14H20O3. The zero-order chi connectivity index (χ0) is 13.2. The highest BCUT2D eigenvalue weighted by atomic mass is 16.4. The highest BCUT2D eigenvalue weighted by Crippen LogP contribution is 2.29. The van der Waals surface area contributed by atoms with E-state index in [2.05, 4.69) is 0 Å². The van der Waals surface area contributed by atoms with Gasteiger partial charge in [0.05, 0.1) is 12.0 Å². The van der Waals surface area contributed by atoms with Crippen LogP contribution >= 0.6 is 0 Å². The maximum atomic E-state index is 11.0. The van der Waals surface area contributed by atoms with Gasteiger partial charge in [0.2, 0.25) is 0 Å². The van der Waals surface area contributed by atoms with Crippen LogP contribution in [0.4, 0.5) is 0 Å². The third kappa shape index (κ3) is 2.86. The minimum Gasteiger partial charge on any atom is -0.481 e. The van der Waals surface area contributed by atoms with Gasteiger partial charge < -0.3 is 10.2 Å². The van der Waals surface area contributed by atoms with E-state index in [-0.39, 0.29) is 0 Å². The number of hydrogen-bond donors (Lipinski definition) is 2. The van der Waals surface area contributed by atoms with Crippen molar-refractivity contribution in [2.24, 2.45) is 5.92 Å². The van der Waals surface area contributed by atoms with Crippen molar-refractivity contribution in [3.8, 4) is 0 Å². The lowest BCUT2D eigenvalue weighted by atomic mass is 9.89. The number of aliphatic carboxylic acids is 1. The maximum absolute atomic E-state index is 11.0. The molecule has 0 radical (unpaired) electrons. The van der Waals surface area contributed by atoms with Crippen LogP contribution in [0.1, 0.15) is 41.7 Å². The molecule has 0 saturated carbocycles. The summed E-state index contributed by atoms with van der Waals surface area (Å²) < 4.78 is 0. The first-order chi connectivity index (χ1) is 7.88. The minimum absolute atomic E-state index is 0.420. The van der Waals surface area contributed by atoms with E-state index in [1.807, 2.05) is 32.9 Å². The molecular weight excluding hydrogens is 216 g/mol. The van der Waals surface area contributed by atoms with Crippen molar-refractivity contribution in [1.82, 2.24) is 0 Å². The fourth-order valence-corrected chi connectivity index (χ4v) is 2.05. The highest BCUT2D eigenvalue weighted by molar-refractivity contribution is 5.71. The Labute approximate surface area is 102 Å². The summed E-state index contributed by atoms with van der Waals surface area (Å²) in [6.07, 6.45) is -0.514. The molecule has 0 aliphatic heterocycles. The van der Waals surface area contributed by atoms with Crippen LogP contribution in [0, 0.1) is 26.7 Å². The summed E-state index contributed by atoms with van der Waals surface area (Å²) in [4.78, 5) is 11.0. The van der Waals surface area contributed by atoms with Crippen molar-refractivity contribution >= 4 is 5.97 Å². The Hall–Kier alpha value is -1.35. The van der Waals surface area contributed by atoms with E-state index in [0.717, 1.165) is 22.3 Å². The average molecular weight is 236 g/mol. The standard InChI is InChI=1S/C14H20O3/c1-5-11(14(16)17)13(15)12-7-9(3)8(2)6-10(12)4/h6-7,11,13,15H,5H2,1-4H3,(H,16,17). The SMILES string of the molecule is CCC(C(=O)O)C(O)c1cc(C)c(C)cc1C. The number of benzene rings is 1. The largest absolute Gasteiger partial charge is 0.481 e. The monoisotopic (exact) mass is 236 g/mol. The molecule has 0 spiro atoms. The second kappa shape index (κ2) is 5.32. The van der Waals surface area contributed by atoms with Gasteiger partial charge in [-0.2, -0.15) is 0 Å². The summed E-state index contributed by atoms with van der Waals surface area (Å²) in [5.41, 5.74) is 3.90. The predicted octanol–water partition coefficient (Wildman–Crippen LogP) is 2.76. The molecule has 2 unspecified atom stereocenters. The summed E-state index contributed by atoms with van der Waals surface area (Å²) in [5.74, 6) is -1.69. The summed E-state index contributed by atoms with van der Waals surface area (Å²) in [5, 5.41) is 19.2. The summed E-state index contributed by atoms with van der Waals surface area (Å²) in [7, 11) is 0. The van der Waals surface area contributed by atoms with Crippen LogP contribution in [0.25, 0.3) is 0 Å². The van der Waals surface area contributed by atoms with Crippen molar-refractivity contribution in [2.45, 2.75) is 40.2 Å². The van der Waals surface area contributed by atoms with Crippen LogP contribution in [-0.2, 0) is 4.79 Å². The van der Waals surface area contributed by atoms with E-state index in [0.29, 0.717) is 6.42 Å². The number of rotatable bonds is 4. The van der Waals surface area contributed by atoms with Gasteiger partial charge in [-0.05, 0) is 49.4 Å². The van der Waals surface area contributed by atoms with Gasteiger partial charge in [-0.15, -0.1) is 0 Å². The molecule has 0 aliphatic rings. The molecule has 2 atom stereocenters. The van der Waals surface area contributed by atoms with E-state index in [1.54, 1.807) is 6.92 Å². The Morgan fingerprint density at radius 3 is 2.18 bits per heavy atom. The van der Waals surface area contributed by atoms with Crippen LogP contribution in [0.3, 0.4) is 0 Å². The van der Waals surface area contributed by atoms with E-state index in [1.165, 1.54) is 0 Å². The van der Waals surface area contributed by atoms with Crippen LogP contribution in [0.15, 0.2) is 12.1 Å². The van der Waals surface area contributed by atoms with Gasteiger partial charge in [-0.25, -0.2) is 0 Å². The number of carboxylic acid groups (broad SMARTS) is 1. The third-order valence-corrected chi connectivity index (χ3v) is 3.34. The third-order valence-electron chi connectivity index (χ3n) is 3.34. The molecule has 0 bridgehead atoms. The molecule has 1 rings (SSSR count). The smallest absolute Gasteiger partial charge is 0.309 e. The fraction of sp³-hybridized carbons (Fsp3) is 0.500. The Balaban J connectivity index is 3.15. The van der Waals surface area contributed by atoms with Gasteiger partial charge in [0, 0.05) is 0 Å². The lowest BCUT2D eigenvalue weighted by Crippen LogP contribution is -2.22. The molecule has 0 aromatic heterocycles. The molecule has 0 fully saturated rings. The van der Waals surface area contributed by atoms with E-state index >= 15 is 0 Å². The lowest BCUT2D eigenvalue weighted by Gasteiger charge is -2.21. The van der Waals surface area contributed by atoms with E-state index < -0.39 is 18.0 Å². The highest BCUT2D eigenvalue weighted by Gasteiger charge is 2.27. The number of carboxylic acids is 1. The van der Waals surface area contributed by atoms with Crippen molar-refractivity contribution < 1.29 is 15.0 Å². The number of aliphatic hydroxyl groups excluding tert-OH is 1. The molecule has 94 valence electrons. The van der Waals surface area contributed by atoms with Crippen LogP contribution in [0.2, 0.25) is 0 Å². The second-order valence-electron chi connectivity index (χ2n) is 4.59. The predicted molar refractivity (Wildman–Crippen MR) is 67.0 cm³/mol. The van der Waals surface area contributed by atoms with Crippen molar-refractivity contribution in [3.05, 3.63) is 34.4 Å². The Morgan fingerprint density at radius 1 is 1.18 bits per heavy atom. The van der Waals surface area contributed by atoms with Crippen molar-refractivity contribution in [2.75, 3.05) is 0 Å². The zero-order valence-electron chi connectivity index (χ0n) is 10.8. The van der Waals surface area contributed by atoms with Gasteiger partial charge in [-0.3, -0.25) is 4.79 Å². The zero-order valence-corrected chi connectivity index (χ0v) is 10.8. The molecule has 3 nitrogen and oxygen atoms in total. The fourth-order valence-electron chi connectivity index (χ4n) is 2.05. The minimum atomic E-state index is -0.947. The van der Waals surface area contributed by atoms with Gasteiger partial charge in [0.15, 0.2) is 0 Å². The van der Waals surface area contributed by atoms with Gasteiger partial charge >= 0.3 is 5.97 Å². The Morgan fingerprint density at radius 2 is 1.71 bits per heavy atom. The topological polar surface area (TPSA) is 57.5 Å². The maximum Gasteiger partial charge on any atom is 0.309 e. The molecule has 2 N–H and O–H groups in total. The molecule has 0 amide bonds. The van der Waals surface area contributed by atoms with E-state index in [9.17, 15) is 9.90 Å². The number of aryl methyl sites for hydroxylation is 3.